The third kappa shape index (κ3) is 3.06. The minimum Gasteiger partial charge on any atom is -0.434 e. The molecule has 1 aromatic rings. The lowest BCUT2D eigenvalue weighted by Gasteiger charge is -2.12. The number of halogens is 3. The van der Waals surface area contributed by atoms with E-state index in [2.05, 4.69) is 4.74 Å². The second kappa shape index (κ2) is 4.93. The Labute approximate surface area is 89.8 Å². The van der Waals surface area contributed by atoms with Gasteiger partial charge in [-0.3, -0.25) is 4.79 Å². The van der Waals surface area contributed by atoms with Crippen LogP contribution < -0.4 is 10.5 Å². The smallest absolute Gasteiger partial charge is 0.387 e. The van der Waals surface area contributed by atoms with Gasteiger partial charge in [0.2, 0.25) is 5.91 Å². The Morgan fingerprint density at radius 2 is 2.00 bits per heavy atom. The van der Waals surface area contributed by atoms with Crippen LogP contribution in [0.3, 0.4) is 0 Å². The van der Waals surface area contributed by atoms with Crippen molar-refractivity contribution in [3.63, 3.8) is 0 Å². The number of amides is 1. The number of primary amides is 1. The maximum Gasteiger partial charge on any atom is 0.387 e. The molecule has 0 aliphatic rings. The van der Waals surface area contributed by atoms with E-state index in [-0.39, 0.29) is 11.3 Å². The number of ether oxygens (including phenoxy) is 1. The van der Waals surface area contributed by atoms with Crippen LogP contribution in [0.2, 0.25) is 0 Å². The Kier molecular flexibility index (Phi) is 3.85. The summed E-state index contributed by atoms with van der Waals surface area (Å²) in [5.41, 5.74) is 5.09. The number of rotatable bonds is 4. The first-order chi connectivity index (χ1) is 7.02. The number of hydrogen-bond donors (Lipinski definition) is 1. The number of carbonyl (C=O) groups excluding carboxylic acids is 1. The number of benzene rings is 1. The Bertz CT molecular complexity index is 360. The van der Waals surface area contributed by atoms with Crippen LogP contribution in [-0.2, 0) is 4.79 Å². The Morgan fingerprint density at radius 1 is 1.40 bits per heavy atom. The summed E-state index contributed by atoms with van der Waals surface area (Å²) in [6.45, 7) is -2.97. The molecule has 0 saturated heterocycles. The normalized spacial score (nSPS) is 12.5. The molecule has 1 atom stereocenters. The SMILES string of the molecule is NC(=O)C(Cl)c1ccccc1OC(F)F. The average molecular weight is 236 g/mol. The zero-order valence-corrected chi connectivity index (χ0v) is 8.25. The molecule has 0 aliphatic carbocycles. The highest BCUT2D eigenvalue weighted by atomic mass is 35.5. The highest BCUT2D eigenvalue weighted by Gasteiger charge is 2.20. The summed E-state index contributed by atoms with van der Waals surface area (Å²) < 4.78 is 28.2. The van der Waals surface area contributed by atoms with Gasteiger partial charge in [-0.15, -0.1) is 11.6 Å². The molecule has 0 aromatic heterocycles. The summed E-state index contributed by atoms with van der Waals surface area (Å²) in [7, 11) is 0. The number of hydrogen-bond acceptors (Lipinski definition) is 2. The van der Waals surface area contributed by atoms with Crippen molar-refractivity contribution in [3.05, 3.63) is 29.8 Å². The lowest BCUT2D eigenvalue weighted by Crippen LogP contribution is -2.18. The summed E-state index contributed by atoms with van der Waals surface area (Å²) in [5.74, 6) is -0.965. The van der Waals surface area contributed by atoms with Gasteiger partial charge in [-0.1, -0.05) is 18.2 Å². The van der Waals surface area contributed by atoms with Gasteiger partial charge < -0.3 is 10.5 Å². The summed E-state index contributed by atoms with van der Waals surface area (Å²) in [6, 6.07) is 5.73. The minimum atomic E-state index is -2.97. The molecule has 0 radical (unpaired) electrons. The number of para-hydroxylation sites is 1. The average Bonchev–Trinajstić information content (AvgIpc) is 2.16. The van der Waals surface area contributed by atoms with Crippen molar-refractivity contribution in [1.29, 1.82) is 0 Å². The van der Waals surface area contributed by atoms with Crippen molar-refractivity contribution in [1.82, 2.24) is 0 Å². The van der Waals surface area contributed by atoms with Crippen LogP contribution in [0, 0.1) is 0 Å². The fourth-order valence-electron chi connectivity index (χ4n) is 1.05. The van der Waals surface area contributed by atoms with Gasteiger partial charge in [0.15, 0.2) is 0 Å². The zero-order valence-electron chi connectivity index (χ0n) is 7.49. The highest BCUT2D eigenvalue weighted by Crippen LogP contribution is 2.30. The summed E-state index contributed by atoms with van der Waals surface area (Å²) in [6.07, 6.45) is 0. The van der Waals surface area contributed by atoms with Gasteiger partial charge >= 0.3 is 6.61 Å². The van der Waals surface area contributed by atoms with E-state index in [0.29, 0.717) is 0 Å². The van der Waals surface area contributed by atoms with Gasteiger partial charge in [0.25, 0.3) is 0 Å². The minimum absolute atomic E-state index is 0.131. The molecule has 82 valence electrons. The van der Waals surface area contributed by atoms with Crippen molar-refractivity contribution < 1.29 is 18.3 Å². The third-order valence-electron chi connectivity index (χ3n) is 1.66. The number of carbonyl (C=O) groups is 1. The molecule has 0 bridgehead atoms. The molecule has 0 heterocycles. The van der Waals surface area contributed by atoms with Crippen molar-refractivity contribution in [2.45, 2.75) is 12.0 Å². The molecule has 0 spiro atoms. The second-order valence-electron chi connectivity index (χ2n) is 2.68. The van der Waals surface area contributed by atoms with E-state index in [0.717, 1.165) is 0 Å². The molecule has 0 fully saturated rings. The summed E-state index contributed by atoms with van der Waals surface area (Å²) >= 11 is 5.63. The van der Waals surface area contributed by atoms with Gasteiger partial charge in [-0.05, 0) is 6.07 Å². The van der Waals surface area contributed by atoms with E-state index >= 15 is 0 Å². The molecule has 0 aliphatic heterocycles. The van der Waals surface area contributed by atoms with Gasteiger partial charge in [0.1, 0.15) is 11.1 Å². The molecule has 2 N–H and O–H groups in total. The molecule has 3 nitrogen and oxygen atoms in total. The molecule has 6 heteroatoms. The second-order valence-corrected chi connectivity index (χ2v) is 3.12. The van der Waals surface area contributed by atoms with Crippen molar-refractivity contribution in [3.8, 4) is 5.75 Å². The Morgan fingerprint density at radius 3 is 2.53 bits per heavy atom. The maximum atomic E-state index is 12.0. The molecular formula is C9H8ClF2NO2. The molecule has 1 amide bonds. The molecular weight excluding hydrogens is 228 g/mol. The standard InChI is InChI=1S/C9H8ClF2NO2/c10-7(8(13)14)5-3-1-2-4-6(5)15-9(11)12/h1-4,7,9H,(H2,13,14). The first-order valence-corrected chi connectivity index (χ1v) is 4.43. The van der Waals surface area contributed by atoms with Gasteiger partial charge in [-0.2, -0.15) is 8.78 Å². The Balaban J connectivity index is 3.00. The lowest BCUT2D eigenvalue weighted by molar-refractivity contribution is -0.117. The van der Waals surface area contributed by atoms with E-state index in [4.69, 9.17) is 17.3 Å². The molecule has 1 unspecified atom stereocenters. The largest absolute Gasteiger partial charge is 0.434 e. The van der Waals surface area contributed by atoms with Crippen LogP contribution in [0.15, 0.2) is 24.3 Å². The predicted molar refractivity (Wildman–Crippen MR) is 50.9 cm³/mol. The number of alkyl halides is 3. The van der Waals surface area contributed by atoms with Crippen LogP contribution in [0.1, 0.15) is 10.9 Å². The summed E-state index contributed by atoms with van der Waals surface area (Å²) in [4.78, 5) is 10.8. The third-order valence-corrected chi connectivity index (χ3v) is 2.11. The van der Waals surface area contributed by atoms with E-state index in [1.54, 1.807) is 6.07 Å². The fourth-order valence-corrected chi connectivity index (χ4v) is 1.23. The number of nitrogens with two attached hydrogens (primary N) is 1. The fraction of sp³-hybridized carbons (Fsp3) is 0.222. The van der Waals surface area contributed by atoms with Crippen LogP contribution in [0.25, 0.3) is 0 Å². The first kappa shape index (κ1) is 11.7. The zero-order chi connectivity index (χ0) is 11.4. The van der Waals surface area contributed by atoms with Crippen LogP contribution in [0.4, 0.5) is 8.78 Å². The van der Waals surface area contributed by atoms with E-state index in [9.17, 15) is 13.6 Å². The maximum absolute atomic E-state index is 12.0. The van der Waals surface area contributed by atoms with Crippen molar-refractivity contribution in [2.75, 3.05) is 0 Å². The topological polar surface area (TPSA) is 52.3 Å². The van der Waals surface area contributed by atoms with Gasteiger partial charge in [0, 0.05) is 5.56 Å². The predicted octanol–water partition coefficient (Wildman–Crippen LogP) is 2.05. The molecule has 1 rings (SSSR count). The quantitative estimate of drug-likeness (QED) is 0.812. The Hall–Kier alpha value is -1.36. The van der Waals surface area contributed by atoms with E-state index in [1.807, 2.05) is 0 Å². The van der Waals surface area contributed by atoms with E-state index < -0.39 is 17.9 Å². The van der Waals surface area contributed by atoms with Crippen LogP contribution in [-0.4, -0.2) is 12.5 Å². The summed E-state index contributed by atoms with van der Waals surface area (Å²) in [5, 5.41) is -1.18. The first-order valence-electron chi connectivity index (χ1n) is 3.99. The lowest BCUT2D eigenvalue weighted by atomic mass is 10.1. The van der Waals surface area contributed by atoms with E-state index in [1.165, 1.54) is 18.2 Å². The van der Waals surface area contributed by atoms with Crippen LogP contribution >= 0.6 is 11.6 Å². The molecule has 0 saturated carbocycles. The van der Waals surface area contributed by atoms with Gasteiger partial charge in [0.05, 0.1) is 0 Å². The molecule has 1 aromatic carbocycles. The van der Waals surface area contributed by atoms with Crippen molar-refractivity contribution >= 4 is 17.5 Å². The highest BCUT2D eigenvalue weighted by molar-refractivity contribution is 6.30. The van der Waals surface area contributed by atoms with Crippen LogP contribution in [0.5, 0.6) is 5.75 Å². The monoisotopic (exact) mass is 235 g/mol. The molecule has 15 heavy (non-hydrogen) atoms. The van der Waals surface area contributed by atoms with Crippen molar-refractivity contribution in [2.24, 2.45) is 5.73 Å². The van der Waals surface area contributed by atoms with Gasteiger partial charge in [-0.25, -0.2) is 0 Å².